The first-order chi connectivity index (χ1) is 9.81. The molecule has 1 fully saturated rings. The lowest BCUT2D eigenvalue weighted by Crippen LogP contribution is -2.49. The van der Waals surface area contributed by atoms with Crippen molar-refractivity contribution >= 4 is 18.3 Å². The normalized spacial score (nSPS) is 17.6. The summed E-state index contributed by atoms with van der Waals surface area (Å²) in [7, 11) is 0. The first kappa shape index (κ1) is 17.7. The van der Waals surface area contributed by atoms with Gasteiger partial charge in [-0.3, -0.25) is 4.79 Å². The Balaban J connectivity index is 0.00000220. The van der Waals surface area contributed by atoms with Gasteiger partial charge in [0.05, 0.1) is 6.61 Å². The second-order valence-corrected chi connectivity index (χ2v) is 4.87. The molecule has 116 valence electrons. The highest BCUT2D eigenvalue weighted by Crippen LogP contribution is 2.06. The number of halogens is 1. The molecule has 0 bridgehead atoms. The summed E-state index contributed by atoms with van der Waals surface area (Å²) < 4.78 is 5.53. The maximum Gasteiger partial charge on any atom is 0.253 e. The Morgan fingerprint density at radius 1 is 1.43 bits per heavy atom. The fourth-order valence-electron chi connectivity index (χ4n) is 2.28. The lowest BCUT2D eigenvalue weighted by molar-refractivity contribution is -0.144. The SMILES string of the molecule is C=CCN(CCc1ccccc1)C(=O)C1CNCCO1.Cl. The molecular formula is C16H23ClN2O2. The predicted molar refractivity (Wildman–Crippen MR) is 86.8 cm³/mol. The van der Waals surface area contributed by atoms with Crippen LogP contribution < -0.4 is 5.32 Å². The number of benzene rings is 1. The fourth-order valence-corrected chi connectivity index (χ4v) is 2.28. The van der Waals surface area contributed by atoms with Gasteiger partial charge in [-0.2, -0.15) is 0 Å². The molecule has 2 rings (SSSR count). The Morgan fingerprint density at radius 3 is 2.81 bits per heavy atom. The monoisotopic (exact) mass is 310 g/mol. The number of ether oxygens (including phenoxy) is 1. The van der Waals surface area contributed by atoms with Crippen LogP contribution >= 0.6 is 12.4 Å². The van der Waals surface area contributed by atoms with Crippen LogP contribution in [0.25, 0.3) is 0 Å². The highest BCUT2D eigenvalue weighted by Gasteiger charge is 2.25. The Labute approximate surface area is 132 Å². The van der Waals surface area contributed by atoms with Crippen LogP contribution in [0.3, 0.4) is 0 Å². The topological polar surface area (TPSA) is 41.6 Å². The lowest BCUT2D eigenvalue weighted by Gasteiger charge is -2.29. The number of hydrogen-bond acceptors (Lipinski definition) is 3. The van der Waals surface area contributed by atoms with E-state index in [-0.39, 0.29) is 24.4 Å². The van der Waals surface area contributed by atoms with Crippen LogP contribution in [0.5, 0.6) is 0 Å². The van der Waals surface area contributed by atoms with Crippen LogP contribution in [0.15, 0.2) is 43.0 Å². The minimum atomic E-state index is -0.362. The summed E-state index contributed by atoms with van der Waals surface area (Å²) in [4.78, 5) is 14.2. The third-order valence-corrected chi connectivity index (χ3v) is 3.38. The van der Waals surface area contributed by atoms with Gasteiger partial charge in [0, 0.05) is 26.2 Å². The van der Waals surface area contributed by atoms with E-state index in [0.29, 0.717) is 26.2 Å². The molecule has 1 N–H and O–H groups in total. The first-order valence-corrected chi connectivity index (χ1v) is 7.07. The summed E-state index contributed by atoms with van der Waals surface area (Å²) in [5.41, 5.74) is 1.23. The molecule has 0 saturated carbocycles. The number of carbonyl (C=O) groups is 1. The van der Waals surface area contributed by atoms with Gasteiger partial charge >= 0.3 is 0 Å². The van der Waals surface area contributed by atoms with Gasteiger partial charge < -0.3 is 15.0 Å². The van der Waals surface area contributed by atoms with Gasteiger partial charge in [-0.15, -0.1) is 19.0 Å². The Kier molecular flexibility index (Phi) is 8.05. The molecule has 21 heavy (non-hydrogen) atoms. The van der Waals surface area contributed by atoms with Crippen molar-refractivity contribution < 1.29 is 9.53 Å². The molecule has 0 spiro atoms. The van der Waals surface area contributed by atoms with E-state index < -0.39 is 0 Å². The summed E-state index contributed by atoms with van der Waals surface area (Å²) in [6, 6.07) is 10.2. The average molecular weight is 311 g/mol. The molecule has 1 saturated heterocycles. The van der Waals surface area contributed by atoms with E-state index in [9.17, 15) is 4.79 Å². The summed E-state index contributed by atoms with van der Waals surface area (Å²) in [5.74, 6) is 0.0491. The van der Waals surface area contributed by atoms with Gasteiger partial charge in [0.15, 0.2) is 0 Å². The molecular weight excluding hydrogens is 288 g/mol. The molecule has 0 aliphatic carbocycles. The zero-order valence-electron chi connectivity index (χ0n) is 12.2. The smallest absolute Gasteiger partial charge is 0.253 e. The summed E-state index contributed by atoms with van der Waals surface area (Å²) in [5, 5.41) is 3.19. The molecule has 1 aliphatic heterocycles. The van der Waals surface area contributed by atoms with Crippen LogP contribution in [0.2, 0.25) is 0 Å². The molecule has 1 atom stereocenters. The molecule has 5 heteroatoms. The average Bonchev–Trinajstić information content (AvgIpc) is 2.52. The van der Waals surface area contributed by atoms with Crippen LogP contribution in [0.1, 0.15) is 5.56 Å². The third kappa shape index (κ3) is 5.50. The van der Waals surface area contributed by atoms with Gasteiger partial charge in [0.25, 0.3) is 5.91 Å². The summed E-state index contributed by atoms with van der Waals surface area (Å²) >= 11 is 0. The van der Waals surface area contributed by atoms with Crippen molar-refractivity contribution in [3.05, 3.63) is 48.6 Å². The van der Waals surface area contributed by atoms with Gasteiger partial charge in [0.1, 0.15) is 6.10 Å². The van der Waals surface area contributed by atoms with Crippen LogP contribution in [-0.2, 0) is 16.0 Å². The van der Waals surface area contributed by atoms with E-state index >= 15 is 0 Å². The zero-order chi connectivity index (χ0) is 14.2. The van der Waals surface area contributed by atoms with Crippen molar-refractivity contribution in [3.8, 4) is 0 Å². The number of morpholine rings is 1. The van der Waals surface area contributed by atoms with E-state index in [1.807, 2.05) is 23.1 Å². The van der Waals surface area contributed by atoms with Gasteiger partial charge in [0.2, 0.25) is 0 Å². The Morgan fingerprint density at radius 2 is 2.19 bits per heavy atom. The molecule has 1 heterocycles. The van der Waals surface area contributed by atoms with Crippen molar-refractivity contribution in [3.63, 3.8) is 0 Å². The fraction of sp³-hybridized carbons (Fsp3) is 0.438. The van der Waals surface area contributed by atoms with Gasteiger partial charge in [-0.1, -0.05) is 36.4 Å². The molecule has 4 nitrogen and oxygen atoms in total. The molecule has 1 amide bonds. The van der Waals surface area contributed by atoms with Crippen LogP contribution in [0, 0.1) is 0 Å². The maximum absolute atomic E-state index is 12.4. The maximum atomic E-state index is 12.4. The highest BCUT2D eigenvalue weighted by atomic mass is 35.5. The first-order valence-electron chi connectivity index (χ1n) is 7.07. The number of nitrogens with one attached hydrogen (secondary N) is 1. The van der Waals surface area contributed by atoms with Crippen molar-refractivity contribution in [2.45, 2.75) is 12.5 Å². The van der Waals surface area contributed by atoms with E-state index in [2.05, 4.69) is 24.0 Å². The van der Waals surface area contributed by atoms with Crippen molar-refractivity contribution in [2.75, 3.05) is 32.8 Å². The van der Waals surface area contributed by atoms with Gasteiger partial charge in [-0.25, -0.2) is 0 Å². The van der Waals surface area contributed by atoms with Crippen molar-refractivity contribution in [2.24, 2.45) is 0 Å². The quantitative estimate of drug-likeness (QED) is 0.813. The van der Waals surface area contributed by atoms with Crippen molar-refractivity contribution in [1.82, 2.24) is 10.2 Å². The number of hydrogen-bond donors (Lipinski definition) is 1. The molecule has 1 aromatic carbocycles. The van der Waals surface area contributed by atoms with E-state index in [4.69, 9.17) is 4.74 Å². The number of amides is 1. The molecule has 0 aromatic heterocycles. The van der Waals surface area contributed by atoms with Crippen LogP contribution in [-0.4, -0.2) is 49.7 Å². The van der Waals surface area contributed by atoms with Crippen LogP contribution in [0.4, 0.5) is 0 Å². The molecule has 1 aliphatic rings. The zero-order valence-corrected chi connectivity index (χ0v) is 13.0. The minimum Gasteiger partial charge on any atom is -0.366 e. The second-order valence-electron chi connectivity index (χ2n) is 4.87. The highest BCUT2D eigenvalue weighted by molar-refractivity contribution is 5.85. The molecule has 1 unspecified atom stereocenters. The molecule has 0 radical (unpaired) electrons. The summed E-state index contributed by atoms with van der Waals surface area (Å²) in [6.45, 7) is 6.99. The largest absolute Gasteiger partial charge is 0.366 e. The van der Waals surface area contributed by atoms with E-state index in [1.165, 1.54) is 5.56 Å². The lowest BCUT2D eigenvalue weighted by atomic mass is 10.1. The standard InChI is InChI=1S/C16H22N2O2.ClH/c1-2-10-18(11-8-14-6-4-3-5-7-14)16(19)15-13-17-9-12-20-15;/h2-7,15,17H,1,8-13H2;1H. The van der Waals surface area contributed by atoms with Gasteiger partial charge in [-0.05, 0) is 12.0 Å². The third-order valence-electron chi connectivity index (χ3n) is 3.38. The number of rotatable bonds is 6. The number of carbonyl (C=O) groups excluding carboxylic acids is 1. The minimum absolute atomic E-state index is 0. The second kappa shape index (κ2) is 9.55. The number of nitrogens with zero attached hydrogens (tertiary/aromatic N) is 1. The van der Waals surface area contributed by atoms with E-state index in [0.717, 1.165) is 13.0 Å². The van der Waals surface area contributed by atoms with Crippen molar-refractivity contribution in [1.29, 1.82) is 0 Å². The summed E-state index contributed by atoms with van der Waals surface area (Å²) in [6.07, 6.45) is 2.25. The van der Waals surface area contributed by atoms with E-state index in [1.54, 1.807) is 6.08 Å². The predicted octanol–water partition coefficient (Wildman–Crippen LogP) is 1.65. The Bertz CT molecular complexity index is 433. The Hall–Kier alpha value is -1.36. The molecule has 1 aromatic rings.